The van der Waals surface area contributed by atoms with Gasteiger partial charge in [-0.2, -0.15) is 13.2 Å². The molecule has 0 atom stereocenters. The van der Waals surface area contributed by atoms with Gasteiger partial charge in [-0.15, -0.1) is 0 Å². The highest BCUT2D eigenvalue weighted by Crippen LogP contribution is 2.37. The van der Waals surface area contributed by atoms with Gasteiger partial charge in [0, 0.05) is 12.7 Å². The van der Waals surface area contributed by atoms with Crippen molar-refractivity contribution in [2.45, 2.75) is 12.8 Å². The number of methoxy groups -OCH3 is 1. The van der Waals surface area contributed by atoms with Crippen LogP contribution in [-0.2, 0) is 17.5 Å². The lowest BCUT2D eigenvalue weighted by molar-refractivity contribution is -0.137. The Morgan fingerprint density at radius 1 is 1.24 bits per heavy atom. The van der Waals surface area contributed by atoms with Gasteiger partial charge in [0.15, 0.2) is 5.82 Å². The Balaban J connectivity index is 2.63. The molecule has 0 aliphatic heterocycles. The third-order valence-electron chi connectivity index (χ3n) is 2.63. The van der Waals surface area contributed by atoms with Crippen molar-refractivity contribution in [2.24, 2.45) is 0 Å². The van der Waals surface area contributed by atoms with E-state index in [0.717, 1.165) is 6.07 Å². The fourth-order valence-electron chi connectivity index (χ4n) is 1.74. The first-order valence-electron chi connectivity index (χ1n) is 5.72. The third-order valence-corrected chi connectivity index (χ3v) is 3.97. The monoisotopic (exact) mass is 380 g/mol. The van der Waals surface area contributed by atoms with Gasteiger partial charge in [0.05, 0.1) is 22.3 Å². The molecule has 2 rings (SSSR count). The van der Waals surface area contributed by atoms with Gasteiger partial charge in [0.2, 0.25) is 0 Å². The topological polar surface area (TPSA) is 35.0 Å². The summed E-state index contributed by atoms with van der Waals surface area (Å²) in [5.74, 6) is -0.0943. The van der Waals surface area contributed by atoms with E-state index in [4.69, 9.17) is 16.3 Å². The molecule has 1 aromatic carbocycles. The predicted octanol–water partition coefficient (Wildman–Crippen LogP) is 4.72. The maximum Gasteiger partial charge on any atom is 0.417 e. The molecule has 0 radical (unpaired) electrons. The Labute approximate surface area is 132 Å². The van der Waals surface area contributed by atoms with Crippen LogP contribution in [0.1, 0.15) is 11.3 Å². The molecule has 0 N–H and O–H groups in total. The smallest absolute Gasteiger partial charge is 0.378 e. The molecule has 3 nitrogen and oxygen atoms in total. The number of ether oxygens (including phenoxy) is 1. The number of alkyl halides is 3. The standard InChI is InChI=1S/C13H9BrClF3N2O/c1-21-6-9-10(14)11(15)20-12(19-9)7-4-2-3-5-8(7)13(16,17)18/h2-5H,6H2,1H3. The lowest BCUT2D eigenvalue weighted by atomic mass is 10.1. The molecule has 0 aliphatic carbocycles. The highest BCUT2D eigenvalue weighted by molar-refractivity contribution is 9.10. The zero-order valence-corrected chi connectivity index (χ0v) is 13.1. The molecule has 0 spiro atoms. The number of hydrogen-bond acceptors (Lipinski definition) is 3. The zero-order chi connectivity index (χ0) is 15.6. The van der Waals surface area contributed by atoms with Crippen LogP contribution in [0.3, 0.4) is 0 Å². The molecule has 0 saturated heterocycles. The molecule has 21 heavy (non-hydrogen) atoms. The van der Waals surface area contributed by atoms with Crippen LogP contribution in [0.15, 0.2) is 28.7 Å². The molecule has 1 aromatic heterocycles. The zero-order valence-electron chi connectivity index (χ0n) is 10.7. The van der Waals surface area contributed by atoms with Crippen LogP contribution >= 0.6 is 27.5 Å². The Bertz CT molecular complexity index is 664. The second kappa shape index (κ2) is 6.29. The molecule has 2 aromatic rings. The van der Waals surface area contributed by atoms with Crippen molar-refractivity contribution in [2.75, 3.05) is 7.11 Å². The van der Waals surface area contributed by atoms with E-state index in [1.54, 1.807) is 0 Å². The first kappa shape index (κ1) is 16.2. The summed E-state index contributed by atoms with van der Waals surface area (Å²) in [7, 11) is 1.45. The van der Waals surface area contributed by atoms with Crippen LogP contribution in [0, 0.1) is 0 Å². The van der Waals surface area contributed by atoms with E-state index in [1.807, 2.05) is 0 Å². The van der Waals surface area contributed by atoms with Crippen LogP contribution in [0.2, 0.25) is 5.15 Å². The van der Waals surface area contributed by atoms with Gasteiger partial charge in [-0.1, -0.05) is 29.8 Å². The second-order valence-electron chi connectivity index (χ2n) is 4.08. The minimum absolute atomic E-state index is 0.0315. The molecule has 0 fully saturated rings. The number of halogens is 5. The number of rotatable bonds is 3. The highest BCUT2D eigenvalue weighted by atomic mass is 79.9. The van der Waals surface area contributed by atoms with E-state index in [9.17, 15) is 13.2 Å². The lowest BCUT2D eigenvalue weighted by Gasteiger charge is -2.13. The van der Waals surface area contributed by atoms with E-state index < -0.39 is 11.7 Å². The van der Waals surface area contributed by atoms with Crippen LogP contribution in [0.5, 0.6) is 0 Å². The summed E-state index contributed by atoms with van der Waals surface area (Å²) in [5.41, 5.74) is -0.562. The minimum atomic E-state index is -4.50. The second-order valence-corrected chi connectivity index (χ2v) is 5.23. The first-order valence-corrected chi connectivity index (χ1v) is 6.89. The molecule has 0 saturated carbocycles. The molecule has 1 heterocycles. The van der Waals surface area contributed by atoms with Gasteiger partial charge in [0.1, 0.15) is 5.15 Å². The van der Waals surface area contributed by atoms with Gasteiger partial charge in [-0.3, -0.25) is 0 Å². The van der Waals surface area contributed by atoms with Gasteiger partial charge >= 0.3 is 6.18 Å². The molecule has 0 aliphatic rings. The van der Waals surface area contributed by atoms with E-state index in [-0.39, 0.29) is 23.1 Å². The average molecular weight is 382 g/mol. The molecular formula is C13H9BrClF3N2O. The van der Waals surface area contributed by atoms with Crippen molar-refractivity contribution in [1.82, 2.24) is 9.97 Å². The maximum atomic E-state index is 13.0. The van der Waals surface area contributed by atoms with E-state index in [1.165, 1.54) is 25.3 Å². The minimum Gasteiger partial charge on any atom is -0.378 e. The first-order chi connectivity index (χ1) is 9.84. The number of aromatic nitrogens is 2. The van der Waals surface area contributed by atoms with E-state index >= 15 is 0 Å². The van der Waals surface area contributed by atoms with Crippen molar-refractivity contribution < 1.29 is 17.9 Å². The van der Waals surface area contributed by atoms with Crippen LogP contribution < -0.4 is 0 Å². The van der Waals surface area contributed by atoms with Gasteiger partial charge in [-0.05, 0) is 22.0 Å². The van der Waals surface area contributed by atoms with E-state index in [2.05, 4.69) is 25.9 Å². The van der Waals surface area contributed by atoms with Gasteiger partial charge in [-0.25, -0.2) is 9.97 Å². The van der Waals surface area contributed by atoms with Crippen LogP contribution in [0.4, 0.5) is 13.2 Å². The number of nitrogens with zero attached hydrogens (tertiary/aromatic N) is 2. The molecule has 0 unspecified atom stereocenters. The Morgan fingerprint density at radius 2 is 1.90 bits per heavy atom. The summed E-state index contributed by atoms with van der Waals surface area (Å²) in [4.78, 5) is 8.01. The van der Waals surface area contributed by atoms with Crippen molar-refractivity contribution in [3.05, 3.63) is 45.1 Å². The van der Waals surface area contributed by atoms with E-state index in [0.29, 0.717) is 10.2 Å². The number of hydrogen-bond donors (Lipinski definition) is 0. The average Bonchev–Trinajstić information content (AvgIpc) is 2.43. The van der Waals surface area contributed by atoms with Crippen LogP contribution in [0.25, 0.3) is 11.4 Å². The fourth-order valence-corrected chi connectivity index (χ4v) is 2.22. The fraction of sp³-hybridized carbons (Fsp3) is 0.231. The molecular weight excluding hydrogens is 373 g/mol. The van der Waals surface area contributed by atoms with Gasteiger partial charge < -0.3 is 4.74 Å². The summed E-state index contributed by atoms with van der Waals surface area (Å²) in [5, 5.41) is 0.0315. The Morgan fingerprint density at radius 3 is 2.52 bits per heavy atom. The molecule has 112 valence electrons. The summed E-state index contributed by atoms with van der Waals surface area (Å²) >= 11 is 9.12. The number of benzene rings is 1. The summed E-state index contributed by atoms with van der Waals surface area (Å²) in [6.07, 6.45) is -4.50. The third kappa shape index (κ3) is 3.53. The van der Waals surface area contributed by atoms with Crippen molar-refractivity contribution in [3.8, 4) is 11.4 Å². The Hall–Kier alpha value is -1.18. The maximum absolute atomic E-state index is 13.0. The van der Waals surface area contributed by atoms with Crippen molar-refractivity contribution in [3.63, 3.8) is 0 Å². The molecule has 8 heteroatoms. The SMILES string of the molecule is COCc1nc(-c2ccccc2C(F)(F)F)nc(Cl)c1Br. The predicted molar refractivity (Wildman–Crippen MR) is 75.9 cm³/mol. The lowest BCUT2D eigenvalue weighted by Crippen LogP contribution is -2.09. The molecule has 0 bridgehead atoms. The quantitative estimate of drug-likeness (QED) is 0.721. The normalized spacial score (nSPS) is 11.7. The Kier molecular flexibility index (Phi) is 4.85. The summed E-state index contributed by atoms with van der Waals surface area (Å²) in [6, 6.07) is 5.08. The van der Waals surface area contributed by atoms with Crippen LogP contribution in [-0.4, -0.2) is 17.1 Å². The molecule has 0 amide bonds. The van der Waals surface area contributed by atoms with Gasteiger partial charge in [0.25, 0.3) is 0 Å². The summed E-state index contributed by atoms with van der Waals surface area (Å²) < 4.78 is 44.5. The summed E-state index contributed by atoms with van der Waals surface area (Å²) in [6.45, 7) is 0.101. The highest BCUT2D eigenvalue weighted by Gasteiger charge is 2.34. The van der Waals surface area contributed by atoms with Crippen molar-refractivity contribution >= 4 is 27.5 Å². The van der Waals surface area contributed by atoms with Crippen molar-refractivity contribution in [1.29, 1.82) is 0 Å². The largest absolute Gasteiger partial charge is 0.417 e.